The van der Waals surface area contributed by atoms with Crippen LogP contribution in [0.15, 0.2) is 15.9 Å². The number of halogens is 1. The van der Waals surface area contributed by atoms with Crippen molar-refractivity contribution in [2.45, 2.75) is 13.0 Å². The zero-order chi connectivity index (χ0) is 9.80. The maximum Gasteiger partial charge on any atom is 0.0300 e. The van der Waals surface area contributed by atoms with Crippen LogP contribution >= 0.6 is 39.0 Å². The van der Waals surface area contributed by atoms with Gasteiger partial charge in [0.05, 0.1) is 0 Å². The maximum atomic E-state index is 3.53. The van der Waals surface area contributed by atoms with Gasteiger partial charge >= 0.3 is 0 Å². The molecule has 14 heavy (non-hydrogen) atoms. The Balaban J connectivity index is 1.67. The Hall–Kier alpha value is 0.490. The fourth-order valence-electron chi connectivity index (χ4n) is 1.59. The van der Waals surface area contributed by atoms with Crippen molar-refractivity contribution in [3.8, 4) is 0 Å². The molecule has 0 aromatic carbocycles. The number of hydrogen-bond donors (Lipinski definition) is 1. The highest BCUT2D eigenvalue weighted by atomic mass is 79.9. The van der Waals surface area contributed by atoms with Gasteiger partial charge in [-0.2, -0.15) is 11.8 Å². The van der Waals surface area contributed by atoms with Crippen molar-refractivity contribution in [3.05, 3.63) is 20.8 Å². The number of hydrogen-bond acceptors (Lipinski definition) is 3. The van der Waals surface area contributed by atoms with Crippen LogP contribution < -0.4 is 5.32 Å². The second-order valence-corrected chi connectivity index (χ2v) is 6.65. The molecule has 1 aromatic heterocycles. The molecule has 1 aliphatic rings. The van der Waals surface area contributed by atoms with E-state index in [0.717, 1.165) is 12.5 Å². The standard InChI is InChI=1S/C10H14BrNS2/c11-9-3-10(14-7-9)5-12-4-8-1-2-13-6-8/h3,7-8,12H,1-2,4-6H2. The summed E-state index contributed by atoms with van der Waals surface area (Å²) in [6.45, 7) is 2.21. The number of thioether (sulfide) groups is 1. The zero-order valence-corrected chi connectivity index (χ0v) is 11.2. The Morgan fingerprint density at radius 1 is 1.57 bits per heavy atom. The molecule has 2 heterocycles. The Morgan fingerprint density at radius 3 is 3.14 bits per heavy atom. The fraction of sp³-hybridized carbons (Fsp3) is 0.600. The van der Waals surface area contributed by atoms with Crippen molar-refractivity contribution in [3.63, 3.8) is 0 Å². The van der Waals surface area contributed by atoms with Crippen molar-refractivity contribution in [2.75, 3.05) is 18.1 Å². The second-order valence-electron chi connectivity index (χ2n) is 3.59. The first-order chi connectivity index (χ1) is 6.84. The Bertz CT molecular complexity index is 281. The topological polar surface area (TPSA) is 12.0 Å². The van der Waals surface area contributed by atoms with E-state index in [1.165, 1.54) is 33.8 Å². The largest absolute Gasteiger partial charge is 0.312 e. The molecule has 78 valence electrons. The quantitative estimate of drug-likeness (QED) is 0.913. The molecular weight excluding hydrogens is 278 g/mol. The van der Waals surface area contributed by atoms with E-state index in [2.05, 4.69) is 44.5 Å². The van der Waals surface area contributed by atoms with Crippen LogP contribution in [0.1, 0.15) is 11.3 Å². The molecule has 0 bridgehead atoms. The summed E-state index contributed by atoms with van der Waals surface area (Å²) in [4.78, 5) is 1.42. The van der Waals surface area contributed by atoms with Crippen molar-refractivity contribution in [1.29, 1.82) is 0 Å². The van der Waals surface area contributed by atoms with Gasteiger partial charge in [-0.25, -0.2) is 0 Å². The molecule has 1 saturated heterocycles. The molecule has 0 saturated carbocycles. The van der Waals surface area contributed by atoms with Crippen LogP contribution in [-0.2, 0) is 6.54 Å². The molecule has 1 nitrogen and oxygen atoms in total. The van der Waals surface area contributed by atoms with Crippen LogP contribution in [0.5, 0.6) is 0 Å². The summed E-state index contributed by atoms with van der Waals surface area (Å²) in [5.74, 6) is 3.61. The van der Waals surface area contributed by atoms with Crippen molar-refractivity contribution >= 4 is 39.0 Å². The van der Waals surface area contributed by atoms with E-state index in [-0.39, 0.29) is 0 Å². The summed E-state index contributed by atoms with van der Waals surface area (Å²) in [7, 11) is 0. The highest BCUT2D eigenvalue weighted by Gasteiger charge is 2.14. The monoisotopic (exact) mass is 291 g/mol. The van der Waals surface area contributed by atoms with Gasteiger partial charge in [-0.15, -0.1) is 11.3 Å². The van der Waals surface area contributed by atoms with E-state index in [9.17, 15) is 0 Å². The predicted octanol–water partition coefficient (Wildman–Crippen LogP) is 3.35. The van der Waals surface area contributed by atoms with Crippen LogP contribution in [0.3, 0.4) is 0 Å². The lowest BCUT2D eigenvalue weighted by atomic mass is 10.1. The van der Waals surface area contributed by atoms with Gasteiger partial charge in [0.1, 0.15) is 0 Å². The molecule has 1 atom stereocenters. The molecular formula is C10H14BrNS2. The normalized spacial score (nSPS) is 21.6. The van der Waals surface area contributed by atoms with Gasteiger partial charge in [0.2, 0.25) is 0 Å². The summed E-state index contributed by atoms with van der Waals surface area (Å²) in [6.07, 6.45) is 1.39. The van der Waals surface area contributed by atoms with Gasteiger partial charge in [-0.05, 0) is 52.4 Å². The molecule has 1 N–H and O–H groups in total. The van der Waals surface area contributed by atoms with Gasteiger partial charge < -0.3 is 5.32 Å². The molecule has 0 amide bonds. The predicted molar refractivity (Wildman–Crippen MR) is 69.2 cm³/mol. The average Bonchev–Trinajstić information content (AvgIpc) is 2.77. The Labute approximate surface area is 102 Å². The SMILES string of the molecule is Brc1csc(CNCC2CCSC2)c1. The lowest BCUT2D eigenvalue weighted by molar-refractivity contribution is 0.525. The van der Waals surface area contributed by atoms with Crippen molar-refractivity contribution < 1.29 is 0 Å². The molecule has 1 unspecified atom stereocenters. The lowest BCUT2D eigenvalue weighted by Crippen LogP contribution is -2.21. The summed E-state index contributed by atoms with van der Waals surface area (Å²) in [5, 5.41) is 5.67. The number of nitrogens with one attached hydrogen (secondary N) is 1. The summed E-state index contributed by atoms with van der Waals surface area (Å²) in [6, 6.07) is 2.20. The fourth-order valence-corrected chi connectivity index (χ4v) is 4.30. The van der Waals surface area contributed by atoms with E-state index < -0.39 is 0 Å². The van der Waals surface area contributed by atoms with Crippen LogP contribution in [0, 0.1) is 5.92 Å². The van der Waals surface area contributed by atoms with Crippen LogP contribution in [0.4, 0.5) is 0 Å². The smallest absolute Gasteiger partial charge is 0.0300 e. The second kappa shape index (κ2) is 5.54. The molecule has 1 aromatic rings. The van der Waals surface area contributed by atoms with E-state index in [1.54, 1.807) is 0 Å². The van der Waals surface area contributed by atoms with Gasteiger partial charge in [-0.1, -0.05) is 0 Å². The number of thiophene rings is 1. The molecule has 0 spiro atoms. The third kappa shape index (κ3) is 3.26. The van der Waals surface area contributed by atoms with Crippen LogP contribution in [-0.4, -0.2) is 18.1 Å². The van der Waals surface area contributed by atoms with Crippen LogP contribution in [0.2, 0.25) is 0 Å². The van der Waals surface area contributed by atoms with E-state index in [0.29, 0.717) is 0 Å². The first-order valence-electron chi connectivity index (χ1n) is 4.86. The van der Waals surface area contributed by atoms with Gasteiger partial charge in [0.15, 0.2) is 0 Å². The summed E-state index contributed by atoms with van der Waals surface area (Å²) in [5.41, 5.74) is 0. The van der Waals surface area contributed by atoms with Crippen molar-refractivity contribution in [2.24, 2.45) is 5.92 Å². The third-order valence-corrected chi connectivity index (χ3v) is 5.31. The molecule has 4 heteroatoms. The summed E-state index contributed by atoms with van der Waals surface area (Å²) >= 11 is 7.37. The number of rotatable bonds is 4. The average molecular weight is 292 g/mol. The first-order valence-corrected chi connectivity index (χ1v) is 7.68. The molecule has 0 aliphatic carbocycles. The summed E-state index contributed by atoms with van der Waals surface area (Å²) < 4.78 is 1.20. The van der Waals surface area contributed by atoms with Gasteiger partial charge in [-0.3, -0.25) is 0 Å². The molecule has 0 radical (unpaired) electrons. The van der Waals surface area contributed by atoms with E-state index in [4.69, 9.17) is 0 Å². The molecule has 1 fully saturated rings. The highest BCUT2D eigenvalue weighted by Crippen LogP contribution is 2.23. The Morgan fingerprint density at radius 2 is 2.50 bits per heavy atom. The van der Waals surface area contributed by atoms with Crippen LogP contribution in [0.25, 0.3) is 0 Å². The van der Waals surface area contributed by atoms with E-state index in [1.807, 2.05) is 11.3 Å². The zero-order valence-electron chi connectivity index (χ0n) is 7.96. The first kappa shape index (κ1) is 11.0. The minimum atomic E-state index is 0.906. The molecule has 1 aliphatic heterocycles. The third-order valence-electron chi connectivity index (χ3n) is 2.38. The minimum absolute atomic E-state index is 0.906. The Kier molecular flexibility index (Phi) is 4.35. The molecule has 2 rings (SSSR count). The highest BCUT2D eigenvalue weighted by molar-refractivity contribution is 9.10. The maximum absolute atomic E-state index is 3.53. The lowest BCUT2D eigenvalue weighted by Gasteiger charge is -2.08. The van der Waals surface area contributed by atoms with Gasteiger partial charge in [0.25, 0.3) is 0 Å². The minimum Gasteiger partial charge on any atom is -0.312 e. The van der Waals surface area contributed by atoms with E-state index >= 15 is 0 Å². The van der Waals surface area contributed by atoms with Gasteiger partial charge in [0, 0.05) is 21.3 Å². The van der Waals surface area contributed by atoms with Crippen molar-refractivity contribution in [1.82, 2.24) is 5.32 Å².